The molecule has 0 amide bonds. The summed E-state index contributed by atoms with van der Waals surface area (Å²) in [7, 11) is 1.68. The van der Waals surface area contributed by atoms with Gasteiger partial charge in [-0.2, -0.15) is 0 Å². The first-order valence-electron chi connectivity index (χ1n) is 7.97. The molecule has 0 unspecified atom stereocenters. The van der Waals surface area contributed by atoms with E-state index < -0.39 is 0 Å². The quantitative estimate of drug-likeness (QED) is 0.422. The molecule has 0 aliphatic carbocycles. The predicted molar refractivity (Wildman–Crippen MR) is 108 cm³/mol. The van der Waals surface area contributed by atoms with Gasteiger partial charge < -0.3 is 15.4 Å². The Morgan fingerprint density at radius 2 is 1.88 bits per heavy atom. The number of ether oxygens (including phenoxy) is 1. The third kappa shape index (κ3) is 6.06. The summed E-state index contributed by atoms with van der Waals surface area (Å²) < 4.78 is 5.16. The second-order valence-corrected chi connectivity index (χ2v) is 7.15. The lowest BCUT2D eigenvalue weighted by Gasteiger charge is -2.13. The summed E-state index contributed by atoms with van der Waals surface area (Å²) in [4.78, 5) is 1.26. The Bertz CT molecular complexity index is 672. The number of thiocarbonyl (C=S) groups is 1. The number of hydrogen-bond acceptors (Lipinski definition) is 3. The van der Waals surface area contributed by atoms with Crippen LogP contribution in [-0.2, 0) is 0 Å². The standard InChI is InChI=1S/C19H24N2OS2/c1-14-5-10-18(15(2)13-14)21-19(23)20-11-4-12-24-17-8-6-16(22-3)7-9-17/h5-10,13H,4,11-12H2,1-3H3,(H2,20,21,23). The second kappa shape index (κ2) is 9.55. The predicted octanol–water partition coefficient (Wildman–Crippen LogP) is 4.78. The van der Waals surface area contributed by atoms with Gasteiger partial charge in [0, 0.05) is 17.1 Å². The zero-order chi connectivity index (χ0) is 17.4. The molecule has 128 valence electrons. The maximum absolute atomic E-state index is 5.36. The van der Waals surface area contributed by atoms with E-state index in [1.54, 1.807) is 7.11 Å². The van der Waals surface area contributed by atoms with Gasteiger partial charge in [-0.1, -0.05) is 17.7 Å². The molecule has 2 aromatic carbocycles. The Morgan fingerprint density at radius 3 is 2.54 bits per heavy atom. The maximum atomic E-state index is 5.36. The van der Waals surface area contributed by atoms with Crippen molar-refractivity contribution < 1.29 is 4.74 Å². The van der Waals surface area contributed by atoms with E-state index in [9.17, 15) is 0 Å². The molecule has 5 heteroatoms. The van der Waals surface area contributed by atoms with Crippen molar-refractivity contribution in [1.82, 2.24) is 5.32 Å². The number of thioether (sulfide) groups is 1. The highest BCUT2D eigenvalue weighted by Gasteiger charge is 2.01. The summed E-state index contributed by atoms with van der Waals surface area (Å²) in [6, 6.07) is 14.5. The van der Waals surface area contributed by atoms with Gasteiger partial charge >= 0.3 is 0 Å². The van der Waals surface area contributed by atoms with Gasteiger partial charge in [-0.25, -0.2) is 0 Å². The molecule has 3 nitrogen and oxygen atoms in total. The molecule has 0 aliphatic rings. The molecule has 0 aliphatic heterocycles. The molecular formula is C19H24N2OS2. The van der Waals surface area contributed by atoms with Crippen LogP contribution in [0.15, 0.2) is 47.4 Å². The molecule has 0 atom stereocenters. The Kier molecular flexibility index (Phi) is 7.40. The van der Waals surface area contributed by atoms with E-state index in [1.807, 2.05) is 23.9 Å². The first-order chi connectivity index (χ1) is 11.6. The van der Waals surface area contributed by atoms with Crippen LogP contribution in [0.3, 0.4) is 0 Å². The lowest BCUT2D eigenvalue weighted by Crippen LogP contribution is -2.29. The van der Waals surface area contributed by atoms with Gasteiger partial charge in [0.25, 0.3) is 0 Å². The van der Waals surface area contributed by atoms with Crippen LogP contribution in [0.5, 0.6) is 5.75 Å². The van der Waals surface area contributed by atoms with E-state index in [2.05, 4.69) is 54.8 Å². The molecule has 0 fully saturated rings. The SMILES string of the molecule is COc1ccc(SCCCNC(=S)Nc2ccc(C)cc2C)cc1. The largest absolute Gasteiger partial charge is 0.497 e. The van der Waals surface area contributed by atoms with Gasteiger partial charge in [-0.05, 0) is 74.1 Å². The maximum Gasteiger partial charge on any atom is 0.170 e. The zero-order valence-corrected chi connectivity index (χ0v) is 16.0. The lowest BCUT2D eigenvalue weighted by atomic mass is 10.1. The van der Waals surface area contributed by atoms with Crippen molar-refractivity contribution >= 4 is 34.8 Å². The van der Waals surface area contributed by atoms with Crippen LogP contribution >= 0.6 is 24.0 Å². The molecule has 0 saturated carbocycles. The average molecular weight is 361 g/mol. The fourth-order valence-corrected chi connectivity index (χ4v) is 3.32. The molecule has 0 heterocycles. The summed E-state index contributed by atoms with van der Waals surface area (Å²) in [5, 5.41) is 7.20. The normalized spacial score (nSPS) is 10.3. The van der Waals surface area contributed by atoms with E-state index in [1.165, 1.54) is 16.0 Å². The first kappa shape index (κ1) is 18.6. The Hall–Kier alpha value is -1.72. The van der Waals surface area contributed by atoms with E-state index in [0.717, 1.165) is 30.2 Å². The number of aryl methyl sites for hydroxylation is 2. The molecular weight excluding hydrogens is 336 g/mol. The van der Waals surface area contributed by atoms with Crippen molar-refractivity contribution in [3.63, 3.8) is 0 Å². The summed E-state index contributed by atoms with van der Waals surface area (Å²) in [5.74, 6) is 1.94. The molecule has 2 aromatic rings. The van der Waals surface area contributed by atoms with Crippen LogP contribution in [-0.4, -0.2) is 24.5 Å². The first-order valence-corrected chi connectivity index (χ1v) is 9.37. The van der Waals surface area contributed by atoms with Crippen LogP contribution in [0.1, 0.15) is 17.5 Å². The number of benzene rings is 2. The van der Waals surface area contributed by atoms with Crippen LogP contribution in [0.2, 0.25) is 0 Å². The van der Waals surface area contributed by atoms with Crippen molar-refractivity contribution in [1.29, 1.82) is 0 Å². The molecule has 2 rings (SSSR count). The van der Waals surface area contributed by atoms with Crippen molar-refractivity contribution in [2.75, 3.05) is 24.7 Å². The summed E-state index contributed by atoms with van der Waals surface area (Å²) in [6.45, 7) is 5.04. The van der Waals surface area contributed by atoms with Gasteiger partial charge in [-0.3, -0.25) is 0 Å². The summed E-state index contributed by atoms with van der Waals surface area (Å²) >= 11 is 7.20. The van der Waals surface area contributed by atoms with Crippen LogP contribution in [0.25, 0.3) is 0 Å². The topological polar surface area (TPSA) is 33.3 Å². The van der Waals surface area contributed by atoms with Crippen molar-refractivity contribution in [3.8, 4) is 5.75 Å². The van der Waals surface area contributed by atoms with E-state index in [-0.39, 0.29) is 0 Å². The smallest absolute Gasteiger partial charge is 0.170 e. The molecule has 0 aromatic heterocycles. The van der Waals surface area contributed by atoms with E-state index in [4.69, 9.17) is 17.0 Å². The minimum atomic E-state index is 0.677. The zero-order valence-electron chi connectivity index (χ0n) is 14.4. The van der Waals surface area contributed by atoms with Gasteiger partial charge in [0.15, 0.2) is 5.11 Å². The van der Waals surface area contributed by atoms with Gasteiger partial charge in [-0.15, -0.1) is 11.8 Å². The minimum absolute atomic E-state index is 0.677. The van der Waals surface area contributed by atoms with Crippen LogP contribution < -0.4 is 15.4 Å². The Morgan fingerprint density at radius 1 is 1.12 bits per heavy atom. The fourth-order valence-electron chi connectivity index (χ4n) is 2.26. The fraction of sp³-hybridized carbons (Fsp3) is 0.316. The number of anilines is 1. The monoisotopic (exact) mass is 360 g/mol. The lowest BCUT2D eigenvalue weighted by molar-refractivity contribution is 0.414. The Labute approximate surface area is 154 Å². The molecule has 0 spiro atoms. The molecule has 24 heavy (non-hydrogen) atoms. The van der Waals surface area contributed by atoms with Crippen LogP contribution in [0, 0.1) is 13.8 Å². The van der Waals surface area contributed by atoms with Gasteiger partial charge in [0.2, 0.25) is 0 Å². The van der Waals surface area contributed by atoms with Gasteiger partial charge in [0.05, 0.1) is 7.11 Å². The minimum Gasteiger partial charge on any atom is -0.497 e. The molecule has 0 saturated heterocycles. The van der Waals surface area contributed by atoms with Gasteiger partial charge in [0.1, 0.15) is 5.75 Å². The average Bonchev–Trinajstić information content (AvgIpc) is 2.57. The highest BCUT2D eigenvalue weighted by molar-refractivity contribution is 7.99. The number of nitrogens with one attached hydrogen (secondary N) is 2. The number of rotatable bonds is 7. The summed E-state index contributed by atoms with van der Waals surface area (Å²) in [5.41, 5.74) is 3.52. The highest BCUT2D eigenvalue weighted by Crippen LogP contribution is 2.21. The summed E-state index contributed by atoms with van der Waals surface area (Å²) in [6.07, 6.45) is 1.05. The van der Waals surface area contributed by atoms with Crippen LogP contribution in [0.4, 0.5) is 5.69 Å². The molecule has 0 bridgehead atoms. The number of methoxy groups -OCH3 is 1. The molecule has 2 N–H and O–H groups in total. The van der Waals surface area contributed by atoms with Crippen molar-refractivity contribution in [3.05, 3.63) is 53.6 Å². The molecule has 0 radical (unpaired) electrons. The second-order valence-electron chi connectivity index (χ2n) is 5.58. The Balaban J connectivity index is 1.65. The van der Waals surface area contributed by atoms with Crippen molar-refractivity contribution in [2.45, 2.75) is 25.2 Å². The third-order valence-corrected chi connectivity index (χ3v) is 4.91. The number of hydrogen-bond donors (Lipinski definition) is 2. The van der Waals surface area contributed by atoms with Crippen molar-refractivity contribution in [2.24, 2.45) is 0 Å². The van der Waals surface area contributed by atoms with E-state index in [0.29, 0.717) is 5.11 Å². The highest BCUT2D eigenvalue weighted by atomic mass is 32.2. The third-order valence-electron chi connectivity index (χ3n) is 3.56. The van der Waals surface area contributed by atoms with E-state index >= 15 is 0 Å².